The minimum Gasteiger partial charge on any atom is -0.351 e. The predicted molar refractivity (Wildman–Crippen MR) is 89.0 cm³/mol. The molecule has 1 unspecified atom stereocenters. The number of hydrogen-bond acceptors (Lipinski definition) is 5. The van der Waals surface area contributed by atoms with Crippen LogP contribution in [0.2, 0.25) is 0 Å². The second kappa shape index (κ2) is 6.62. The summed E-state index contributed by atoms with van der Waals surface area (Å²) in [6, 6.07) is 2.72. The van der Waals surface area contributed by atoms with Gasteiger partial charge < -0.3 is 15.5 Å². The number of amides is 3. The smallest absolute Gasteiger partial charge is 0.269 e. The Kier molecular flexibility index (Phi) is 4.15. The van der Waals surface area contributed by atoms with E-state index in [0.717, 1.165) is 5.69 Å². The molecular formula is C16H19N7O3. The quantitative estimate of drug-likeness (QED) is 0.637. The minimum atomic E-state index is -0.544. The fourth-order valence-corrected chi connectivity index (χ4v) is 3.42. The van der Waals surface area contributed by atoms with Crippen molar-refractivity contribution in [3.63, 3.8) is 0 Å². The number of carbonyl (C=O) groups excluding carboxylic acids is 3. The first-order valence-electron chi connectivity index (χ1n) is 8.50. The van der Waals surface area contributed by atoms with Crippen LogP contribution >= 0.6 is 0 Å². The van der Waals surface area contributed by atoms with E-state index in [-0.39, 0.29) is 36.7 Å². The summed E-state index contributed by atoms with van der Waals surface area (Å²) in [4.78, 5) is 38.4. The van der Waals surface area contributed by atoms with Gasteiger partial charge in [-0.15, -0.1) is 0 Å². The Hall–Kier alpha value is -3.17. The molecule has 10 nitrogen and oxygen atoms in total. The van der Waals surface area contributed by atoms with Gasteiger partial charge in [-0.05, 0) is 18.6 Å². The van der Waals surface area contributed by atoms with Crippen molar-refractivity contribution in [3.8, 4) is 0 Å². The number of carbonyl (C=O) groups is 3. The molecule has 1 saturated heterocycles. The Labute approximate surface area is 148 Å². The van der Waals surface area contributed by atoms with Crippen LogP contribution in [0.25, 0.3) is 0 Å². The molecule has 0 spiro atoms. The van der Waals surface area contributed by atoms with E-state index in [1.165, 1.54) is 10.9 Å². The van der Waals surface area contributed by atoms with Crippen LogP contribution in [0.4, 0.5) is 0 Å². The largest absolute Gasteiger partial charge is 0.351 e. The summed E-state index contributed by atoms with van der Waals surface area (Å²) in [5.74, 6) is -0.426. The van der Waals surface area contributed by atoms with E-state index in [2.05, 4.69) is 25.9 Å². The fraction of sp³-hybridized carbons (Fsp3) is 0.438. The summed E-state index contributed by atoms with van der Waals surface area (Å²) < 4.78 is 1.48. The van der Waals surface area contributed by atoms with Crippen LogP contribution in [0.3, 0.4) is 0 Å². The normalized spacial score (nSPS) is 22.0. The van der Waals surface area contributed by atoms with Gasteiger partial charge in [0, 0.05) is 43.8 Å². The van der Waals surface area contributed by atoms with E-state index in [0.29, 0.717) is 25.2 Å². The number of nitrogens with one attached hydrogen (secondary N) is 3. The molecule has 0 bridgehead atoms. The molecule has 26 heavy (non-hydrogen) atoms. The molecule has 2 aliphatic rings. The van der Waals surface area contributed by atoms with E-state index < -0.39 is 6.04 Å². The molecule has 1 fully saturated rings. The molecule has 3 N–H and O–H groups in total. The average Bonchev–Trinajstić information content (AvgIpc) is 3.36. The second-order valence-electron chi connectivity index (χ2n) is 6.48. The number of likely N-dealkylation sites (tertiary alicyclic amines) is 1. The van der Waals surface area contributed by atoms with Crippen LogP contribution in [0.15, 0.2) is 24.5 Å². The van der Waals surface area contributed by atoms with Crippen LogP contribution in [0.1, 0.15) is 28.6 Å². The maximum absolute atomic E-state index is 12.8. The van der Waals surface area contributed by atoms with E-state index >= 15 is 0 Å². The lowest BCUT2D eigenvalue weighted by Crippen LogP contribution is -2.48. The van der Waals surface area contributed by atoms with Gasteiger partial charge in [-0.2, -0.15) is 10.2 Å². The van der Waals surface area contributed by atoms with Gasteiger partial charge in [-0.25, -0.2) is 4.68 Å². The summed E-state index contributed by atoms with van der Waals surface area (Å²) in [5, 5.41) is 16.4. The third-order valence-corrected chi connectivity index (χ3v) is 4.71. The zero-order valence-electron chi connectivity index (χ0n) is 14.0. The van der Waals surface area contributed by atoms with Gasteiger partial charge in [0.2, 0.25) is 11.8 Å². The van der Waals surface area contributed by atoms with Gasteiger partial charge in [0.05, 0.1) is 6.42 Å². The second-order valence-corrected chi connectivity index (χ2v) is 6.48. The highest BCUT2D eigenvalue weighted by atomic mass is 16.2. The lowest BCUT2D eigenvalue weighted by molar-refractivity contribution is -0.134. The lowest BCUT2D eigenvalue weighted by atomic mass is 10.2. The van der Waals surface area contributed by atoms with Crippen LogP contribution in [-0.2, 0) is 16.0 Å². The number of rotatable bonds is 4. The summed E-state index contributed by atoms with van der Waals surface area (Å²) in [6.07, 6.45) is 4.05. The summed E-state index contributed by atoms with van der Waals surface area (Å²) >= 11 is 0. The number of H-pyrrole nitrogens is 1. The molecule has 2 aromatic rings. The summed E-state index contributed by atoms with van der Waals surface area (Å²) in [6.45, 7) is 1.24. The minimum absolute atomic E-state index is 0.0790. The SMILES string of the molecule is O=C(Cc1ccn[nH]1)N[C@H]1CCN(C(=O)C2CNC(=O)c3ccnn32)C1. The number of fused-ring (bicyclic) bond motifs is 1. The molecular weight excluding hydrogens is 338 g/mol. The van der Waals surface area contributed by atoms with Crippen molar-refractivity contribution >= 4 is 17.7 Å². The Balaban J connectivity index is 1.35. The Bertz CT molecular complexity index is 829. The Morgan fingerprint density at radius 3 is 3.00 bits per heavy atom. The fourth-order valence-electron chi connectivity index (χ4n) is 3.42. The maximum Gasteiger partial charge on any atom is 0.269 e. The van der Waals surface area contributed by atoms with Crippen LogP contribution < -0.4 is 10.6 Å². The number of nitrogens with zero attached hydrogens (tertiary/aromatic N) is 4. The molecule has 3 amide bonds. The molecule has 10 heteroatoms. The zero-order valence-corrected chi connectivity index (χ0v) is 14.0. The van der Waals surface area contributed by atoms with E-state index in [1.54, 1.807) is 23.2 Å². The van der Waals surface area contributed by atoms with Gasteiger partial charge in [0.1, 0.15) is 11.7 Å². The molecule has 4 rings (SSSR count). The van der Waals surface area contributed by atoms with Crippen molar-refractivity contribution in [2.24, 2.45) is 0 Å². The topological polar surface area (TPSA) is 125 Å². The number of hydrogen-bond donors (Lipinski definition) is 3. The van der Waals surface area contributed by atoms with Crippen molar-refractivity contribution in [3.05, 3.63) is 35.9 Å². The van der Waals surface area contributed by atoms with Crippen molar-refractivity contribution in [2.75, 3.05) is 19.6 Å². The number of aromatic amines is 1. The summed E-state index contributed by atoms with van der Waals surface area (Å²) in [7, 11) is 0. The first-order valence-corrected chi connectivity index (χ1v) is 8.50. The van der Waals surface area contributed by atoms with E-state index in [4.69, 9.17) is 0 Å². The molecule has 2 aliphatic heterocycles. The van der Waals surface area contributed by atoms with E-state index in [9.17, 15) is 14.4 Å². The van der Waals surface area contributed by atoms with Crippen LogP contribution in [-0.4, -0.2) is 68.3 Å². The third kappa shape index (κ3) is 3.05. The predicted octanol–water partition coefficient (Wildman–Crippen LogP) is -1.15. The lowest BCUT2D eigenvalue weighted by Gasteiger charge is -2.28. The van der Waals surface area contributed by atoms with Crippen molar-refractivity contribution in [2.45, 2.75) is 24.9 Å². The van der Waals surface area contributed by atoms with Gasteiger partial charge in [0.25, 0.3) is 5.91 Å². The molecule has 0 aliphatic carbocycles. The molecule has 136 valence electrons. The van der Waals surface area contributed by atoms with Gasteiger partial charge >= 0.3 is 0 Å². The monoisotopic (exact) mass is 357 g/mol. The van der Waals surface area contributed by atoms with Gasteiger partial charge in [-0.3, -0.25) is 19.5 Å². The molecule has 2 atom stereocenters. The molecule has 2 aromatic heterocycles. The summed E-state index contributed by atoms with van der Waals surface area (Å²) in [5.41, 5.74) is 1.13. The average molecular weight is 357 g/mol. The van der Waals surface area contributed by atoms with E-state index in [1.807, 2.05) is 0 Å². The first kappa shape index (κ1) is 16.3. The highest BCUT2D eigenvalue weighted by Gasteiger charge is 2.36. The first-order chi connectivity index (χ1) is 12.6. The molecule has 0 radical (unpaired) electrons. The maximum atomic E-state index is 12.8. The standard InChI is InChI=1S/C16H19N7O3/c24-14(7-10-1-4-18-21-10)20-11-3-6-22(9-11)16(26)13-8-17-15(25)12-2-5-19-23(12)13/h1-2,4-5,11,13H,3,6-9H2,(H,17,25)(H,18,21)(H,20,24)/t11-,13?/m0/s1. The molecule has 4 heterocycles. The van der Waals surface area contributed by atoms with Crippen molar-refractivity contribution in [1.29, 1.82) is 0 Å². The highest BCUT2D eigenvalue weighted by Crippen LogP contribution is 2.20. The van der Waals surface area contributed by atoms with Crippen LogP contribution in [0.5, 0.6) is 0 Å². The molecule has 0 saturated carbocycles. The molecule has 0 aromatic carbocycles. The van der Waals surface area contributed by atoms with Gasteiger partial charge in [-0.1, -0.05) is 0 Å². The Morgan fingerprint density at radius 1 is 1.31 bits per heavy atom. The van der Waals surface area contributed by atoms with Gasteiger partial charge in [0.15, 0.2) is 0 Å². The third-order valence-electron chi connectivity index (χ3n) is 4.71. The Morgan fingerprint density at radius 2 is 2.19 bits per heavy atom. The zero-order chi connectivity index (χ0) is 18.1. The van der Waals surface area contributed by atoms with Crippen molar-refractivity contribution < 1.29 is 14.4 Å². The van der Waals surface area contributed by atoms with Crippen LogP contribution in [0, 0.1) is 0 Å². The highest BCUT2D eigenvalue weighted by molar-refractivity contribution is 5.95. The number of aromatic nitrogens is 4. The van der Waals surface area contributed by atoms with Crippen molar-refractivity contribution in [1.82, 2.24) is 35.5 Å².